The monoisotopic (exact) mass is 282 g/mol. The first-order valence-electron chi connectivity index (χ1n) is 7.14. The average molecular weight is 282 g/mol. The highest BCUT2D eigenvalue weighted by Crippen LogP contribution is 2.30. The number of nitrogens with two attached hydrogens (primary N) is 1. The molecule has 0 aliphatic heterocycles. The number of nitriles is 2. The molecule has 1 aliphatic rings. The van der Waals surface area contributed by atoms with Crippen molar-refractivity contribution in [2.24, 2.45) is 17.6 Å². The molecule has 1 aromatic carbocycles. The van der Waals surface area contributed by atoms with Crippen LogP contribution in [0.4, 0.5) is 5.69 Å². The molecule has 1 aromatic rings. The maximum Gasteiger partial charge on any atom is 0.227 e. The third kappa shape index (κ3) is 3.39. The molecule has 0 radical (unpaired) electrons. The predicted molar refractivity (Wildman–Crippen MR) is 79.0 cm³/mol. The van der Waals surface area contributed by atoms with Crippen LogP contribution in [0, 0.1) is 34.5 Å². The van der Waals surface area contributed by atoms with Crippen LogP contribution < -0.4 is 11.1 Å². The molecular formula is C16H18N4O. The number of amides is 1. The third-order valence-corrected chi connectivity index (χ3v) is 4.08. The molecule has 1 aliphatic carbocycles. The van der Waals surface area contributed by atoms with E-state index in [1.807, 2.05) is 12.1 Å². The molecule has 5 heteroatoms. The van der Waals surface area contributed by atoms with Crippen molar-refractivity contribution in [3.8, 4) is 12.1 Å². The normalized spacial score (nSPS) is 21.1. The smallest absolute Gasteiger partial charge is 0.227 e. The fourth-order valence-corrected chi connectivity index (χ4v) is 2.88. The van der Waals surface area contributed by atoms with E-state index in [0.29, 0.717) is 17.8 Å². The molecule has 2 unspecified atom stereocenters. The summed E-state index contributed by atoms with van der Waals surface area (Å²) in [5.41, 5.74) is 6.89. The minimum atomic E-state index is -0.0649. The number of hydrogen-bond donors (Lipinski definition) is 2. The zero-order valence-electron chi connectivity index (χ0n) is 11.8. The maximum atomic E-state index is 12.4. The van der Waals surface area contributed by atoms with Crippen molar-refractivity contribution >= 4 is 11.6 Å². The second-order valence-electron chi connectivity index (χ2n) is 5.36. The van der Waals surface area contributed by atoms with E-state index in [0.717, 1.165) is 25.7 Å². The topological polar surface area (TPSA) is 103 Å². The minimum Gasteiger partial charge on any atom is -0.330 e. The summed E-state index contributed by atoms with van der Waals surface area (Å²) in [6.45, 7) is 0.523. The van der Waals surface area contributed by atoms with Gasteiger partial charge in [-0.25, -0.2) is 0 Å². The highest BCUT2D eigenvalue weighted by atomic mass is 16.1. The molecule has 3 N–H and O–H groups in total. The van der Waals surface area contributed by atoms with E-state index < -0.39 is 0 Å². The lowest BCUT2D eigenvalue weighted by Gasteiger charge is -2.29. The first-order valence-corrected chi connectivity index (χ1v) is 7.14. The summed E-state index contributed by atoms with van der Waals surface area (Å²) >= 11 is 0. The summed E-state index contributed by atoms with van der Waals surface area (Å²) in [7, 11) is 0. The Labute approximate surface area is 124 Å². The quantitative estimate of drug-likeness (QED) is 0.886. The van der Waals surface area contributed by atoms with Crippen LogP contribution in [0.1, 0.15) is 36.8 Å². The first-order chi connectivity index (χ1) is 10.2. The lowest BCUT2D eigenvalue weighted by atomic mass is 9.78. The number of carbonyl (C=O) groups excluding carboxylic acids is 1. The number of rotatable bonds is 3. The Balaban J connectivity index is 2.12. The van der Waals surface area contributed by atoms with Gasteiger partial charge in [-0.2, -0.15) is 10.5 Å². The number of nitrogens with one attached hydrogen (secondary N) is 1. The molecule has 0 heterocycles. The molecule has 108 valence electrons. The molecule has 0 saturated heterocycles. The molecule has 0 bridgehead atoms. The SMILES string of the molecule is N#Cc1ccc(NC(=O)C2CCCCC2CN)cc1C#N. The maximum absolute atomic E-state index is 12.4. The molecular weight excluding hydrogens is 264 g/mol. The summed E-state index contributed by atoms with van der Waals surface area (Å²) in [4.78, 5) is 12.4. The number of benzene rings is 1. The van der Waals surface area contributed by atoms with Gasteiger partial charge in [0.25, 0.3) is 0 Å². The molecule has 1 saturated carbocycles. The summed E-state index contributed by atoms with van der Waals surface area (Å²) in [6, 6.07) is 8.66. The Hall–Kier alpha value is -2.37. The van der Waals surface area contributed by atoms with Crippen molar-refractivity contribution < 1.29 is 4.79 Å². The molecule has 2 rings (SSSR count). The van der Waals surface area contributed by atoms with Crippen LogP contribution >= 0.6 is 0 Å². The van der Waals surface area contributed by atoms with Crippen LogP contribution in [-0.4, -0.2) is 12.5 Å². The summed E-state index contributed by atoms with van der Waals surface area (Å²) < 4.78 is 0. The molecule has 1 amide bonds. The molecule has 0 aromatic heterocycles. The minimum absolute atomic E-state index is 0.0428. The molecule has 2 atom stereocenters. The van der Waals surface area contributed by atoms with Crippen molar-refractivity contribution in [2.45, 2.75) is 25.7 Å². The van der Waals surface area contributed by atoms with Gasteiger partial charge in [0.15, 0.2) is 0 Å². The predicted octanol–water partition coefficient (Wildman–Crippen LogP) is 2.13. The van der Waals surface area contributed by atoms with Gasteiger partial charge in [0.1, 0.15) is 12.1 Å². The third-order valence-electron chi connectivity index (χ3n) is 4.08. The second-order valence-corrected chi connectivity index (χ2v) is 5.36. The largest absolute Gasteiger partial charge is 0.330 e. The van der Waals surface area contributed by atoms with Gasteiger partial charge < -0.3 is 11.1 Å². The fourth-order valence-electron chi connectivity index (χ4n) is 2.88. The van der Waals surface area contributed by atoms with E-state index in [1.54, 1.807) is 12.1 Å². The van der Waals surface area contributed by atoms with Gasteiger partial charge in [-0.05, 0) is 43.5 Å². The van der Waals surface area contributed by atoms with Crippen molar-refractivity contribution in [1.29, 1.82) is 10.5 Å². The first kappa shape index (κ1) is 15.0. The van der Waals surface area contributed by atoms with Crippen molar-refractivity contribution in [1.82, 2.24) is 0 Å². The Kier molecular flexibility index (Phi) is 4.92. The van der Waals surface area contributed by atoms with E-state index >= 15 is 0 Å². The van der Waals surface area contributed by atoms with Gasteiger partial charge in [-0.1, -0.05) is 12.8 Å². The van der Waals surface area contributed by atoms with E-state index in [2.05, 4.69) is 5.32 Å². The standard InChI is InChI=1S/C16H18N4O/c17-8-11-5-6-14(7-13(11)10-19)20-16(21)15-4-2-1-3-12(15)9-18/h5-7,12,15H,1-4,9,18H2,(H,20,21). The van der Waals surface area contributed by atoms with E-state index in [4.69, 9.17) is 16.3 Å². The van der Waals surface area contributed by atoms with Gasteiger partial charge >= 0.3 is 0 Å². The van der Waals surface area contributed by atoms with E-state index in [1.165, 1.54) is 6.07 Å². The van der Waals surface area contributed by atoms with Gasteiger partial charge in [-0.15, -0.1) is 0 Å². The number of anilines is 1. The van der Waals surface area contributed by atoms with Crippen LogP contribution in [0.2, 0.25) is 0 Å². The van der Waals surface area contributed by atoms with Gasteiger partial charge in [0.2, 0.25) is 5.91 Å². The van der Waals surface area contributed by atoms with Crippen LogP contribution in [-0.2, 0) is 4.79 Å². The Morgan fingerprint density at radius 1 is 1.24 bits per heavy atom. The second kappa shape index (κ2) is 6.88. The Bertz CT molecular complexity index is 612. The number of nitrogens with zero attached hydrogens (tertiary/aromatic N) is 2. The number of carbonyl (C=O) groups is 1. The zero-order valence-corrected chi connectivity index (χ0v) is 11.8. The van der Waals surface area contributed by atoms with Crippen LogP contribution in [0.25, 0.3) is 0 Å². The van der Waals surface area contributed by atoms with Gasteiger partial charge in [0.05, 0.1) is 11.1 Å². The van der Waals surface area contributed by atoms with E-state index in [9.17, 15) is 4.79 Å². The zero-order chi connectivity index (χ0) is 15.2. The Morgan fingerprint density at radius 3 is 2.62 bits per heavy atom. The van der Waals surface area contributed by atoms with Crippen LogP contribution in [0.15, 0.2) is 18.2 Å². The highest BCUT2D eigenvalue weighted by molar-refractivity contribution is 5.93. The average Bonchev–Trinajstić information content (AvgIpc) is 2.54. The van der Waals surface area contributed by atoms with Gasteiger partial charge in [-0.3, -0.25) is 4.79 Å². The van der Waals surface area contributed by atoms with E-state index in [-0.39, 0.29) is 23.3 Å². The lowest BCUT2D eigenvalue weighted by Crippen LogP contribution is -2.35. The molecule has 5 nitrogen and oxygen atoms in total. The Morgan fingerprint density at radius 2 is 1.95 bits per heavy atom. The number of hydrogen-bond acceptors (Lipinski definition) is 4. The summed E-state index contributed by atoms with van der Waals surface area (Å²) in [5.74, 6) is 0.122. The van der Waals surface area contributed by atoms with Crippen molar-refractivity contribution in [3.63, 3.8) is 0 Å². The van der Waals surface area contributed by atoms with Crippen molar-refractivity contribution in [2.75, 3.05) is 11.9 Å². The summed E-state index contributed by atoms with van der Waals surface area (Å²) in [6.07, 6.45) is 4.02. The van der Waals surface area contributed by atoms with Crippen LogP contribution in [0.5, 0.6) is 0 Å². The van der Waals surface area contributed by atoms with Crippen LogP contribution in [0.3, 0.4) is 0 Å². The lowest BCUT2D eigenvalue weighted by molar-refractivity contribution is -0.122. The molecule has 1 fully saturated rings. The highest BCUT2D eigenvalue weighted by Gasteiger charge is 2.29. The molecule has 0 spiro atoms. The fraction of sp³-hybridized carbons (Fsp3) is 0.438. The summed E-state index contributed by atoms with van der Waals surface area (Å²) in [5, 5.41) is 20.7. The molecule has 21 heavy (non-hydrogen) atoms. The van der Waals surface area contributed by atoms with Crippen molar-refractivity contribution in [3.05, 3.63) is 29.3 Å². The van der Waals surface area contributed by atoms with Gasteiger partial charge in [0, 0.05) is 11.6 Å².